The monoisotopic (exact) mass is 273 g/mol. The van der Waals surface area contributed by atoms with E-state index in [4.69, 9.17) is 0 Å². The first-order valence-corrected chi connectivity index (χ1v) is 5.26. The van der Waals surface area contributed by atoms with Gasteiger partial charge in [-0.05, 0) is 18.2 Å². The third kappa shape index (κ3) is 3.54. The van der Waals surface area contributed by atoms with Crippen molar-refractivity contribution >= 4 is 5.69 Å². The highest BCUT2D eigenvalue weighted by Gasteiger charge is 2.32. The molecule has 0 aliphatic heterocycles. The molecule has 0 fully saturated rings. The number of nitrogens with zero attached hydrogens (tertiary/aromatic N) is 2. The summed E-state index contributed by atoms with van der Waals surface area (Å²) in [5.41, 5.74) is 0.572. The zero-order chi connectivity index (χ0) is 13.9. The molecule has 1 aromatic carbocycles. The standard InChI is InChI=1S/C11H10F3N3O2/c12-11(13,14)19-10-4-2-1-3-9(10)15-7-8-5-6-16-17(8)18/h1-6,15,18H,7H2. The summed E-state index contributed by atoms with van der Waals surface area (Å²) in [5, 5.41) is 15.5. The average molecular weight is 273 g/mol. The Hall–Kier alpha value is -2.38. The molecule has 102 valence electrons. The molecule has 0 bridgehead atoms. The number of rotatable bonds is 4. The van der Waals surface area contributed by atoms with Gasteiger partial charge in [0.15, 0.2) is 5.75 Å². The van der Waals surface area contributed by atoms with Crippen molar-refractivity contribution in [2.24, 2.45) is 0 Å². The molecule has 0 aliphatic rings. The van der Waals surface area contributed by atoms with Gasteiger partial charge in [0.05, 0.1) is 24.1 Å². The maximum absolute atomic E-state index is 12.2. The summed E-state index contributed by atoms with van der Waals surface area (Å²) < 4.78 is 40.5. The van der Waals surface area contributed by atoms with Crippen molar-refractivity contribution in [3.05, 3.63) is 42.2 Å². The lowest BCUT2D eigenvalue weighted by atomic mass is 10.3. The van der Waals surface area contributed by atoms with E-state index >= 15 is 0 Å². The largest absolute Gasteiger partial charge is 0.573 e. The summed E-state index contributed by atoms with van der Waals surface area (Å²) in [6.07, 6.45) is -3.38. The van der Waals surface area contributed by atoms with Crippen LogP contribution in [-0.2, 0) is 6.54 Å². The first-order valence-electron chi connectivity index (χ1n) is 5.26. The van der Waals surface area contributed by atoms with Crippen molar-refractivity contribution < 1.29 is 23.1 Å². The number of para-hydroxylation sites is 2. The smallest absolute Gasteiger partial charge is 0.411 e. The second-order valence-corrected chi connectivity index (χ2v) is 3.61. The molecule has 19 heavy (non-hydrogen) atoms. The lowest BCUT2D eigenvalue weighted by molar-refractivity contribution is -0.274. The van der Waals surface area contributed by atoms with Crippen molar-refractivity contribution in [1.29, 1.82) is 0 Å². The first kappa shape index (κ1) is 13.1. The topological polar surface area (TPSA) is 59.3 Å². The molecular weight excluding hydrogens is 263 g/mol. The number of aromatic nitrogens is 2. The van der Waals surface area contributed by atoms with Gasteiger partial charge in [-0.25, -0.2) is 0 Å². The van der Waals surface area contributed by atoms with Gasteiger partial charge in [-0.15, -0.1) is 23.1 Å². The molecular formula is C11H10F3N3O2. The van der Waals surface area contributed by atoms with E-state index in [1.807, 2.05) is 0 Å². The van der Waals surface area contributed by atoms with Gasteiger partial charge in [0.25, 0.3) is 0 Å². The molecule has 0 atom stereocenters. The number of hydrogen-bond acceptors (Lipinski definition) is 4. The quantitative estimate of drug-likeness (QED) is 0.841. The number of ether oxygens (including phenoxy) is 1. The Labute approximate surface area is 106 Å². The second kappa shape index (κ2) is 5.09. The van der Waals surface area contributed by atoms with Gasteiger partial charge in [0.1, 0.15) is 0 Å². The fourth-order valence-corrected chi connectivity index (χ4v) is 1.47. The van der Waals surface area contributed by atoms with Crippen molar-refractivity contribution in [2.45, 2.75) is 12.9 Å². The zero-order valence-corrected chi connectivity index (χ0v) is 9.55. The van der Waals surface area contributed by atoms with Crippen LogP contribution in [0.2, 0.25) is 0 Å². The average Bonchev–Trinajstić information content (AvgIpc) is 2.72. The molecule has 1 heterocycles. The maximum Gasteiger partial charge on any atom is 0.573 e. The van der Waals surface area contributed by atoms with Crippen molar-refractivity contribution in [3.63, 3.8) is 0 Å². The number of nitrogens with one attached hydrogen (secondary N) is 1. The third-order valence-electron chi connectivity index (χ3n) is 2.27. The number of anilines is 1. The minimum Gasteiger partial charge on any atom is -0.411 e. The molecule has 0 saturated carbocycles. The predicted octanol–water partition coefficient (Wildman–Crippen LogP) is 2.63. The fourth-order valence-electron chi connectivity index (χ4n) is 1.47. The van der Waals surface area contributed by atoms with Crippen LogP contribution in [0.1, 0.15) is 5.69 Å². The highest BCUT2D eigenvalue weighted by atomic mass is 19.4. The molecule has 0 spiro atoms. The molecule has 0 aliphatic carbocycles. The van der Waals surface area contributed by atoms with Crippen LogP contribution in [0.25, 0.3) is 0 Å². The van der Waals surface area contributed by atoms with Crippen molar-refractivity contribution in [2.75, 3.05) is 5.32 Å². The maximum atomic E-state index is 12.2. The summed E-state index contributed by atoms with van der Waals surface area (Å²) >= 11 is 0. The van der Waals surface area contributed by atoms with Gasteiger partial charge in [0, 0.05) is 0 Å². The van der Waals surface area contributed by atoms with Gasteiger partial charge in [-0.3, -0.25) is 0 Å². The molecule has 2 rings (SSSR count). The summed E-state index contributed by atoms with van der Waals surface area (Å²) in [5.74, 6) is -0.334. The minimum absolute atomic E-state index is 0.106. The summed E-state index contributed by atoms with van der Waals surface area (Å²) in [4.78, 5) is 0.639. The molecule has 1 aromatic heterocycles. The van der Waals surface area contributed by atoms with Crippen LogP contribution in [-0.4, -0.2) is 21.5 Å². The van der Waals surface area contributed by atoms with E-state index in [1.54, 1.807) is 6.07 Å². The van der Waals surface area contributed by atoms with E-state index in [2.05, 4.69) is 15.2 Å². The third-order valence-corrected chi connectivity index (χ3v) is 2.27. The lowest BCUT2D eigenvalue weighted by Gasteiger charge is -2.14. The van der Waals surface area contributed by atoms with E-state index < -0.39 is 6.36 Å². The highest BCUT2D eigenvalue weighted by Crippen LogP contribution is 2.30. The van der Waals surface area contributed by atoms with Crippen LogP contribution >= 0.6 is 0 Å². The van der Waals surface area contributed by atoms with E-state index in [9.17, 15) is 18.4 Å². The SMILES string of the molecule is On1nccc1CNc1ccccc1OC(F)(F)F. The van der Waals surface area contributed by atoms with Crippen LogP contribution in [0.3, 0.4) is 0 Å². The number of halogens is 3. The first-order chi connectivity index (χ1) is 8.96. The van der Waals surface area contributed by atoms with Crippen LogP contribution in [0.5, 0.6) is 5.75 Å². The lowest BCUT2D eigenvalue weighted by Crippen LogP contribution is -2.18. The predicted molar refractivity (Wildman–Crippen MR) is 59.9 cm³/mol. The van der Waals surface area contributed by atoms with Gasteiger partial charge >= 0.3 is 6.36 Å². The van der Waals surface area contributed by atoms with Crippen LogP contribution < -0.4 is 10.1 Å². The molecule has 8 heteroatoms. The molecule has 2 aromatic rings. The number of alkyl halides is 3. The van der Waals surface area contributed by atoms with Gasteiger partial charge in [-0.1, -0.05) is 12.1 Å². The second-order valence-electron chi connectivity index (χ2n) is 3.61. The van der Waals surface area contributed by atoms with Crippen molar-refractivity contribution in [3.8, 4) is 5.75 Å². The summed E-state index contributed by atoms with van der Waals surface area (Å²) in [6, 6.07) is 7.18. The Morgan fingerprint density at radius 1 is 1.26 bits per heavy atom. The Kier molecular flexibility index (Phi) is 3.50. The van der Waals surface area contributed by atoms with E-state index in [0.717, 1.165) is 0 Å². The van der Waals surface area contributed by atoms with Crippen LogP contribution in [0.4, 0.5) is 18.9 Å². The Morgan fingerprint density at radius 2 is 2.00 bits per heavy atom. The molecule has 0 radical (unpaired) electrons. The van der Waals surface area contributed by atoms with Crippen LogP contribution in [0, 0.1) is 0 Å². The molecule has 5 nitrogen and oxygen atoms in total. The molecule has 2 N–H and O–H groups in total. The molecule has 0 unspecified atom stereocenters. The Bertz CT molecular complexity index is 554. The van der Waals surface area contributed by atoms with E-state index in [-0.39, 0.29) is 18.0 Å². The number of benzene rings is 1. The normalized spacial score (nSPS) is 11.3. The number of hydrogen-bond donors (Lipinski definition) is 2. The highest BCUT2D eigenvalue weighted by molar-refractivity contribution is 5.56. The van der Waals surface area contributed by atoms with Gasteiger partial charge in [0.2, 0.25) is 0 Å². The van der Waals surface area contributed by atoms with E-state index in [1.165, 1.54) is 30.5 Å². The fraction of sp³-hybridized carbons (Fsp3) is 0.182. The van der Waals surface area contributed by atoms with Crippen molar-refractivity contribution in [1.82, 2.24) is 9.94 Å². The minimum atomic E-state index is -4.75. The van der Waals surface area contributed by atoms with Gasteiger partial charge < -0.3 is 15.3 Å². The Balaban J connectivity index is 2.10. The summed E-state index contributed by atoms with van der Waals surface area (Å²) in [7, 11) is 0. The zero-order valence-electron chi connectivity index (χ0n) is 9.55. The van der Waals surface area contributed by atoms with Gasteiger partial charge in [-0.2, -0.15) is 0 Å². The molecule has 0 saturated heterocycles. The van der Waals surface area contributed by atoms with E-state index in [0.29, 0.717) is 10.5 Å². The molecule has 0 amide bonds. The Morgan fingerprint density at radius 3 is 2.63 bits per heavy atom. The van der Waals surface area contributed by atoms with Crippen LogP contribution in [0.15, 0.2) is 36.5 Å². The summed E-state index contributed by atoms with van der Waals surface area (Å²) in [6.45, 7) is 0.106.